The Morgan fingerprint density at radius 3 is 2.68 bits per heavy atom. The summed E-state index contributed by atoms with van der Waals surface area (Å²) in [5, 5.41) is 0.669. The van der Waals surface area contributed by atoms with Crippen molar-refractivity contribution < 1.29 is 9.21 Å². The lowest BCUT2D eigenvalue weighted by molar-refractivity contribution is -0.114. The molecule has 4 nitrogen and oxygen atoms in total. The summed E-state index contributed by atoms with van der Waals surface area (Å²) < 4.78 is 6.55. The molecule has 0 fully saturated rings. The van der Waals surface area contributed by atoms with Crippen molar-refractivity contribution in [2.75, 3.05) is 4.90 Å². The van der Waals surface area contributed by atoms with Crippen LogP contribution >= 0.6 is 11.3 Å². The summed E-state index contributed by atoms with van der Waals surface area (Å²) in [5.41, 5.74) is 4.26. The minimum atomic E-state index is -0.131. The molecule has 2 aromatic heterocycles. The SMILES string of the molecule is Cc1ccc2sc(N(Cc3ccco3)C(=O)/C=C/c3ccccc3)nc2c1C. The fraction of sp³-hybridized carbons (Fsp3) is 0.130. The van der Waals surface area contributed by atoms with E-state index in [9.17, 15) is 4.79 Å². The van der Waals surface area contributed by atoms with Crippen LogP contribution in [-0.2, 0) is 11.3 Å². The second kappa shape index (κ2) is 7.82. The quantitative estimate of drug-likeness (QED) is 0.409. The number of carbonyl (C=O) groups is 1. The number of hydrogen-bond acceptors (Lipinski definition) is 4. The normalized spacial score (nSPS) is 11.4. The minimum Gasteiger partial charge on any atom is -0.467 e. The zero-order chi connectivity index (χ0) is 19.5. The van der Waals surface area contributed by atoms with Gasteiger partial charge in [-0.3, -0.25) is 9.69 Å². The molecule has 0 atom stereocenters. The van der Waals surface area contributed by atoms with Crippen LogP contribution in [0.1, 0.15) is 22.5 Å². The van der Waals surface area contributed by atoms with Crippen LogP contribution in [0, 0.1) is 13.8 Å². The molecule has 2 heterocycles. The molecule has 5 heteroatoms. The number of thiazole rings is 1. The molecular weight excluding hydrogens is 368 g/mol. The number of carbonyl (C=O) groups excluding carboxylic acids is 1. The Hall–Kier alpha value is -3.18. The lowest BCUT2D eigenvalue weighted by Gasteiger charge is -2.16. The van der Waals surface area contributed by atoms with Gasteiger partial charge in [-0.2, -0.15) is 0 Å². The van der Waals surface area contributed by atoms with Crippen molar-refractivity contribution >= 4 is 38.7 Å². The zero-order valence-corrected chi connectivity index (χ0v) is 16.6. The van der Waals surface area contributed by atoms with Crippen molar-refractivity contribution in [2.45, 2.75) is 20.4 Å². The third-order valence-electron chi connectivity index (χ3n) is 4.68. The summed E-state index contributed by atoms with van der Waals surface area (Å²) in [6.45, 7) is 4.47. The van der Waals surface area contributed by atoms with E-state index in [0.29, 0.717) is 17.4 Å². The molecule has 1 amide bonds. The van der Waals surface area contributed by atoms with Gasteiger partial charge in [0.15, 0.2) is 5.13 Å². The first-order valence-corrected chi connectivity index (χ1v) is 9.87. The van der Waals surface area contributed by atoms with Gasteiger partial charge in [-0.25, -0.2) is 4.98 Å². The monoisotopic (exact) mass is 388 g/mol. The van der Waals surface area contributed by atoms with E-state index in [4.69, 9.17) is 9.40 Å². The van der Waals surface area contributed by atoms with E-state index < -0.39 is 0 Å². The van der Waals surface area contributed by atoms with Crippen LogP contribution in [0.4, 0.5) is 5.13 Å². The lowest BCUT2D eigenvalue weighted by atomic mass is 10.1. The number of anilines is 1. The molecule has 0 saturated carbocycles. The van der Waals surface area contributed by atoms with Crippen LogP contribution < -0.4 is 4.90 Å². The Bertz CT molecular complexity index is 1130. The van der Waals surface area contributed by atoms with Crippen molar-refractivity contribution in [2.24, 2.45) is 0 Å². The third-order valence-corrected chi connectivity index (χ3v) is 5.73. The van der Waals surface area contributed by atoms with Gasteiger partial charge in [-0.05, 0) is 54.8 Å². The van der Waals surface area contributed by atoms with Gasteiger partial charge in [0.2, 0.25) is 0 Å². The molecule has 0 unspecified atom stereocenters. The summed E-state index contributed by atoms with van der Waals surface area (Å²) >= 11 is 1.52. The highest BCUT2D eigenvalue weighted by atomic mass is 32.1. The minimum absolute atomic E-state index is 0.131. The molecule has 28 heavy (non-hydrogen) atoms. The molecule has 140 valence electrons. The predicted molar refractivity (Wildman–Crippen MR) is 114 cm³/mol. The van der Waals surface area contributed by atoms with Gasteiger partial charge in [0, 0.05) is 6.08 Å². The number of amides is 1. The van der Waals surface area contributed by atoms with E-state index in [2.05, 4.69) is 26.0 Å². The third kappa shape index (κ3) is 3.75. The highest BCUT2D eigenvalue weighted by molar-refractivity contribution is 7.22. The van der Waals surface area contributed by atoms with E-state index in [1.807, 2.05) is 48.5 Å². The molecule has 0 radical (unpaired) electrons. The Morgan fingerprint density at radius 2 is 1.93 bits per heavy atom. The second-order valence-electron chi connectivity index (χ2n) is 6.60. The zero-order valence-electron chi connectivity index (χ0n) is 15.8. The van der Waals surface area contributed by atoms with E-state index in [-0.39, 0.29) is 5.91 Å². The molecule has 2 aromatic carbocycles. The molecule has 0 aliphatic rings. The summed E-state index contributed by atoms with van der Waals surface area (Å²) in [4.78, 5) is 19.5. The number of hydrogen-bond donors (Lipinski definition) is 0. The molecule has 4 rings (SSSR count). The predicted octanol–water partition coefficient (Wildman–Crippen LogP) is 5.75. The summed E-state index contributed by atoms with van der Waals surface area (Å²) in [5.74, 6) is 0.585. The average molecular weight is 388 g/mol. The van der Waals surface area contributed by atoms with E-state index in [0.717, 1.165) is 21.3 Å². The largest absolute Gasteiger partial charge is 0.467 e. The Morgan fingerprint density at radius 1 is 1.11 bits per heavy atom. The molecule has 0 saturated heterocycles. The Kier molecular flexibility index (Phi) is 5.08. The standard InChI is InChI=1S/C23H20N2O2S/c1-16-10-12-20-22(17(16)2)24-23(28-20)25(15-19-9-6-14-27-19)21(26)13-11-18-7-4-3-5-8-18/h3-14H,15H2,1-2H3/b13-11+. The number of fused-ring (bicyclic) bond motifs is 1. The van der Waals surface area contributed by atoms with Gasteiger partial charge < -0.3 is 4.42 Å². The van der Waals surface area contributed by atoms with Crippen molar-refractivity contribution in [1.82, 2.24) is 4.98 Å². The first-order chi connectivity index (χ1) is 13.6. The summed E-state index contributed by atoms with van der Waals surface area (Å²) in [7, 11) is 0. The number of furan rings is 1. The van der Waals surface area contributed by atoms with Gasteiger partial charge in [-0.15, -0.1) is 0 Å². The van der Waals surface area contributed by atoms with Crippen molar-refractivity contribution in [1.29, 1.82) is 0 Å². The Balaban J connectivity index is 1.70. The number of aromatic nitrogens is 1. The van der Waals surface area contributed by atoms with Crippen LogP contribution in [0.15, 0.2) is 71.4 Å². The molecule has 0 aliphatic heterocycles. The molecule has 4 aromatic rings. The van der Waals surface area contributed by atoms with Gasteiger partial charge in [-0.1, -0.05) is 47.7 Å². The molecule has 0 bridgehead atoms. The van der Waals surface area contributed by atoms with Gasteiger partial charge in [0.05, 0.1) is 23.0 Å². The lowest BCUT2D eigenvalue weighted by Crippen LogP contribution is -2.28. The summed E-state index contributed by atoms with van der Waals surface area (Å²) in [6, 6.07) is 17.6. The van der Waals surface area contributed by atoms with Crippen LogP contribution in [0.2, 0.25) is 0 Å². The number of benzene rings is 2. The van der Waals surface area contributed by atoms with Crippen molar-refractivity contribution in [3.05, 3.63) is 89.4 Å². The van der Waals surface area contributed by atoms with Gasteiger partial charge in [0.25, 0.3) is 5.91 Å². The van der Waals surface area contributed by atoms with Crippen LogP contribution in [0.3, 0.4) is 0 Å². The van der Waals surface area contributed by atoms with E-state index in [1.165, 1.54) is 16.9 Å². The fourth-order valence-electron chi connectivity index (χ4n) is 2.95. The summed E-state index contributed by atoms with van der Waals surface area (Å²) in [6.07, 6.45) is 5.02. The smallest absolute Gasteiger partial charge is 0.253 e. The van der Waals surface area contributed by atoms with Gasteiger partial charge in [0.1, 0.15) is 5.76 Å². The van der Waals surface area contributed by atoms with Crippen LogP contribution in [0.25, 0.3) is 16.3 Å². The maximum absolute atomic E-state index is 13.0. The number of aryl methyl sites for hydroxylation is 2. The average Bonchev–Trinajstić information content (AvgIpc) is 3.38. The maximum Gasteiger partial charge on any atom is 0.253 e. The molecule has 0 aliphatic carbocycles. The highest BCUT2D eigenvalue weighted by Crippen LogP contribution is 2.33. The second-order valence-corrected chi connectivity index (χ2v) is 7.61. The molecular formula is C23H20N2O2S. The fourth-order valence-corrected chi connectivity index (χ4v) is 3.98. The molecule has 0 N–H and O–H groups in total. The van der Waals surface area contributed by atoms with Crippen molar-refractivity contribution in [3.8, 4) is 0 Å². The first-order valence-electron chi connectivity index (χ1n) is 9.05. The maximum atomic E-state index is 13.0. The van der Waals surface area contributed by atoms with E-state index >= 15 is 0 Å². The Labute approximate surface area is 167 Å². The first kappa shape index (κ1) is 18.2. The van der Waals surface area contributed by atoms with Crippen LogP contribution in [-0.4, -0.2) is 10.9 Å². The van der Waals surface area contributed by atoms with E-state index in [1.54, 1.807) is 17.2 Å². The number of nitrogens with zero attached hydrogens (tertiary/aromatic N) is 2. The van der Waals surface area contributed by atoms with Gasteiger partial charge >= 0.3 is 0 Å². The van der Waals surface area contributed by atoms with Crippen LogP contribution in [0.5, 0.6) is 0 Å². The highest BCUT2D eigenvalue weighted by Gasteiger charge is 2.20. The number of rotatable bonds is 5. The van der Waals surface area contributed by atoms with Crippen molar-refractivity contribution in [3.63, 3.8) is 0 Å². The molecule has 0 spiro atoms. The topological polar surface area (TPSA) is 46.3 Å².